The lowest BCUT2D eigenvalue weighted by atomic mass is 10.1. The Bertz CT molecular complexity index is 686. The summed E-state index contributed by atoms with van der Waals surface area (Å²) in [6, 6.07) is 2.30. The molecule has 102 valence electrons. The molecule has 4 nitrogen and oxygen atoms in total. The van der Waals surface area contributed by atoms with Crippen LogP contribution in [0.25, 0.3) is 6.08 Å². The van der Waals surface area contributed by atoms with Crippen LogP contribution in [-0.2, 0) is 20.8 Å². The summed E-state index contributed by atoms with van der Waals surface area (Å²) in [5.41, 5.74) is -1.01. The lowest BCUT2D eigenvalue weighted by Crippen LogP contribution is -2.09. The first-order chi connectivity index (χ1) is 8.62. The molecule has 0 atom stereocenters. The fraction of sp³-hybridized carbons (Fsp3) is 0.182. The zero-order valence-electron chi connectivity index (χ0n) is 9.23. The maximum atomic E-state index is 12.5. The number of carboxylic acids is 1. The summed E-state index contributed by atoms with van der Waals surface area (Å²) in [6.45, 7) is 0. The average Bonchev–Trinajstić information content (AvgIpc) is 2.49. The maximum absolute atomic E-state index is 12.5. The number of halogens is 3. The van der Waals surface area contributed by atoms with E-state index in [0.29, 0.717) is 6.07 Å². The van der Waals surface area contributed by atoms with Crippen LogP contribution in [-0.4, -0.2) is 19.5 Å². The quantitative estimate of drug-likeness (QED) is 0.908. The zero-order valence-corrected chi connectivity index (χ0v) is 10.0. The van der Waals surface area contributed by atoms with Gasteiger partial charge in [-0.05, 0) is 23.8 Å². The molecule has 0 saturated heterocycles. The fourth-order valence-corrected chi connectivity index (χ4v) is 3.35. The first-order valence-corrected chi connectivity index (χ1v) is 6.49. The van der Waals surface area contributed by atoms with Crippen molar-refractivity contribution in [2.75, 3.05) is 0 Å². The Morgan fingerprint density at radius 2 is 1.89 bits per heavy atom. The molecule has 2 rings (SSSR count). The molecule has 0 aromatic heterocycles. The average molecular weight is 292 g/mol. The molecular formula is C11H7F3O4S. The largest absolute Gasteiger partial charge is 0.481 e. The topological polar surface area (TPSA) is 71.4 Å². The zero-order chi connectivity index (χ0) is 14.4. The first kappa shape index (κ1) is 13.6. The Labute approximate surface area is 106 Å². The van der Waals surface area contributed by atoms with Gasteiger partial charge in [-0.1, -0.05) is 6.07 Å². The van der Waals surface area contributed by atoms with Gasteiger partial charge in [0.1, 0.15) is 0 Å². The van der Waals surface area contributed by atoms with E-state index in [1.807, 2.05) is 0 Å². The lowest BCUT2D eigenvalue weighted by molar-refractivity contribution is -0.138. The smallest absolute Gasteiger partial charge is 0.416 e. The third-order valence-corrected chi connectivity index (χ3v) is 4.50. The third kappa shape index (κ3) is 2.35. The molecule has 0 saturated carbocycles. The van der Waals surface area contributed by atoms with Crippen LogP contribution in [0.2, 0.25) is 0 Å². The normalized spacial score (nSPS) is 16.9. The Hall–Kier alpha value is -1.83. The number of hydrogen-bond donors (Lipinski definition) is 1. The number of alkyl halides is 3. The van der Waals surface area contributed by atoms with E-state index in [1.54, 1.807) is 0 Å². The summed E-state index contributed by atoms with van der Waals surface area (Å²) in [6.07, 6.45) is -4.32. The number of sulfone groups is 1. The second-order valence-electron chi connectivity index (χ2n) is 3.93. The van der Waals surface area contributed by atoms with Crippen LogP contribution < -0.4 is 0 Å². The molecule has 1 aromatic rings. The molecule has 0 fully saturated rings. The standard InChI is InChI=1S/C11H7F3O4S/c12-11(13,14)7-2-1-6-3-8(5-10(15)16)19(17,18)9(6)4-7/h1-4H,5H2,(H,15,16). The van der Waals surface area contributed by atoms with E-state index in [1.165, 1.54) is 0 Å². The van der Waals surface area contributed by atoms with Gasteiger partial charge in [-0.15, -0.1) is 0 Å². The van der Waals surface area contributed by atoms with Gasteiger partial charge in [-0.3, -0.25) is 4.79 Å². The summed E-state index contributed by atoms with van der Waals surface area (Å²) < 4.78 is 61.3. The molecule has 1 aliphatic rings. The summed E-state index contributed by atoms with van der Waals surface area (Å²) in [4.78, 5) is 9.63. The van der Waals surface area contributed by atoms with Gasteiger partial charge in [0, 0.05) is 0 Å². The first-order valence-electron chi connectivity index (χ1n) is 5.01. The van der Waals surface area contributed by atoms with Crippen molar-refractivity contribution in [2.45, 2.75) is 17.5 Å². The van der Waals surface area contributed by atoms with Gasteiger partial charge in [0.25, 0.3) is 0 Å². The maximum Gasteiger partial charge on any atom is 0.416 e. The molecule has 1 aromatic carbocycles. The monoisotopic (exact) mass is 292 g/mol. The minimum absolute atomic E-state index is 0.0734. The number of aliphatic carboxylic acids is 1. The van der Waals surface area contributed by atoms with Crippen molar-refractivity contribution in [1.82, 2.24) is 0 Å². The summed E-state index contributed by atoms with van der Waals surface area (Å²) in [7, 11) is -4.14. The number of carbonyl (C=O) groups is 1. The molecule has 19 heavy (non-hydrogen) atoms. The molecule has 0 aliphatic carbocycles. The molecule has 0 amide bonds. The van der Waals surface area contributed by atoms with Crippen molar-refractivity contribution in [1.29, 1.82) is 0 Å². The molecular weight excluding hydrogens is 285 g/mol. The van der Waals surface area contributed by atoms with Gasteiger partial charge in [-0.2, -0.15) is 13.2 Å². The van der Waals surface area contributed by atoms with E-state index in [0.717, 1.165) is 18.2 Å². The number of benzene rings is 1. The minimum Gasteiger partial charge on any atom is -0.481 e. The van der Waals surface area contributed by atoms with E-state index in [2.05, 4.69) is 0 Å². The molecule has 8 heteroatoms. The van der Waals surface area contributed by atoms with Crippen molar-refractivity contribution < 1.29 is 31.5 Å². The Morgan fingerprint density at radius 1 is 1.26 bits per heavy atom. The van der Waals surface area contributed by atoms with Crippen molar-refractivity contribution >= 4 is 21.9 Å². The Morgan fingerprint density at radius 3 is 2.42 bits per heavy atom. The van der Waals surface area contributed by atoms with E-state index >= 15 is 0 Å². The van der Waals surface area contributed by atoms with E-state index < -0.39 is 43.8 Å². The van der Waals surface area contributed by atoms with Gasteiger partial charge >= 0.3 is 12.1 Å². The number of carboxylic acid groups (broad SMARTS) is 1. The molecule has 0 unspecified atom stereocenters. The van der Waals surface area contributed by atoms with Crippen LogP contribution in [0.4, 0.5) is 13.2 Å². The predicted molar refractivity (Wildman–Crippen MR) is 58.9 cm³/mol. The van der Waals surface area contributed by atoms with Crippen LogP contribution in [0.15, 0.2) is 28.0 Å². The molecule has 0 radical (unpaired) electrons. The molecule has 0 bridgehead atoms. The molecule has 1 N–H and O–H groups in total. The van der Waals surface area contributed by atoms with E-state index in [9.17, 15) is 26.4 Å². The van der Waals surface area contributed by atoms with Crippen LogP contribution >= 0.6 is 0 Å². The predicted octanol–water partition coefficient (Wildman–Crippen LogP) is 2.31. The lowest BCUT2D eigenvalue weighted by Gasteiger charge is -2.08. The summed E-state index contributed by atoms with van der Waals surface area (Å²) in [5, 5.41) is 8.58. The van der Waals surface area contributed by atoms with Crippen LogP contribution in [0, 0.1) is 0 Å². The number of rotatable bonds is 2. The highest BCUT2D eigenvalue weighted by Gasteiger charge is 2.36. The van der Waals surface area contributed by atoms with Gasteiger partial charge in [0.15, 0.2) is 0 Å². The van der Waals surface area contributed by atoms with Gasteiger partial charge < -0.3 is 5.11 Å². The second-order valence-corrected chi connectivity index (χ2v) is 5.91. The Kier molecular flexibility index (Phi) is 2.93. The molecule has 1 aliphatic heterocycles. The highest BCUT2D eigenvalue weighted by molar-refractivity contribution is 7.95. The SMILES string of the molecule is O=C(O)CC1=Cc2ccc(C(F)(F)F)cc2S1(=O)=O. The van der Waals surface area contributed by atoms with Crippen molar-refractivity contribution in [3.63, 3.8) is 0 Å². The fourth-order valence-electron chi connectivity index (χ4n) is 1.75. The summed E-state index contributed by atoms with van der Waals surface area (Å²) in [5.74, 6) is -1.36. The van der Waals surface area contributed by atoms with E-state index in [-0.39, 0.29) is 5.56 Å². The van der Waals surface area contributed by atoms with Crippen molar-refractivity contribution in [3.8, 4) is 0 Å². The molecule has 0 spiro atoms. The van der Waals surface area contributed by atoms with Crippen molar-refractivity contribution in [3.05, 3.63) is 34.2 Å². The third-order valence-electron chi connectivity index (χ3n) is 2.62. The minimum atomic E-state index is -4.65. The van der Waals surface area contributed by atoms with Gasteiger partial charge in [0.2, 0.25) is 9.84 Å². The van der Waals surface area contributed by atoms with Gasteiger partial charge in [0.05, 0.1) is 21.8 Å². The van der Waals surface area contributed by atoms with E-state index in [4.69, 9.17) is 5.11 Å². The highest BCUT2D eigenvalue weighted by Crippen LogP contribution is 2.38. The Balaban J connectivity index is 2.54. The second kappa shape index (κ2) is 4.09. The van der Waals surface area contributed by atoms with Crippen molar-refractivity contribution in [2.24, 2.45) is 0 Å². The number of fused-ring (bicyclic) bond motifs is 1. The van der Waals surface area contributed by atoms with Crippen LogP contribution in [0.5, 0.6) is 0 Å². The highest BCUT2D eigenvalue weighted by atomic mass is 32.2. The summed E-state index contributed by atoms with van der Waals surface area (Å²) >= 11 is 0. The molecule has 1 heterocycles. The van der Waals surface area contributed by atoms with Gasteiger partial charge in [-0.25, -0.2) is 8.42 Å². The van der Waals surface area contributed by atoms with Crippen LogP contribution in [0.1, 0.15) is 17.5 Å². The number of hydrogen-bond acceptors (Lipinski definition) is 3. The van der Waals surface area contributed by atoms with Crippen LogP contribution in [0.3, 0.4) is 0 Å².